The Bertz CT molecular complexity index is 1370. The number of likely N-dealkylation sites (tertiary alicyclic amines) is 1. The number of esters is 1. The molecule has 0 bridgehead atoms. The third-order valence-electron chi connectivity index (χ3n) is 8.15. The summed E-state index contributed by atoms with van der Waals surface area (Å²) in [4.78, 5) is 27.8. The average Bonchev–Trinajstić information content (AvgIpc) is 3.60. The SMILES string of the molecule is CCOC(=O)c1ccc(C2C3CCCC3CN2Cc2c(OC)cc(C)c3c2ccn3C(=O)OC(C)(C)C)cc1. The normalized spacial score (nSPS) is 21.2. The molecule has 2 fully saturated rings. The van der Waals surface area contributed by atoms with Crippen LogP contribution in [0.25, 0.3) is 10.9 Å². The highest BCUT2D eigenvalue weighted by atomic mass is 16.6. The van der Waals surface area contributed by atoms with Gasteiger partial charge < -0.3 is 14.2 Å². The van der Waals surface area contributed by atoms with Gasteiger partial charge in [0.2, 0.25) is 0 Å². The Morgan fingerprint density at radius 3 is 2.49 bits per heavy atom. The molecule has 3 atom stereocenters. The van der Waals surface area contributed by atoms with Gasteiger partial charge >= 0.3 is 12.1 Å². The van der Waals surface area contributed by atoms with Gasteiger partial charge in [-0.25, -0.2) is 9.59 Å². The third-order valence-corrected chi connectivity index (χ3v) is 8.15. The van der Waals surface area contributed by atoms with Gasteiger partial charge in [-0.05, 0) is 94.7 Å². The molecule has 2 aliphatic rings. The van der Waals surface area contributed by atoms with Gasteiger partial charge in [-0.1, -0.05) is 18.6 Å². The maximum Gasteiger partial charge on any atom is 0.419 e. The molecule has 1 aliphatic carbocycles. The van der Waals surface area contributed by atoms with E-state index in [1.54, 1.807) is 17.9 Å². The van der Waals surface area contributed by atoms with Crippen molar-refractivity contribution in [2.45, 2.75) is 72.1 Å². The Kier molecular flexibility index (Phi) is 7.47. The number of rotatable bonds is 6. The summed E-state index contributed by atoms with van der Waals surface area (Å²) in [6.45, 7) is 11.5. The second kappa shape index (κ2) is 10.7. The summed E-state index contributed by atoms with van der Waals surface area (Å²) in [5, 5.41) is 1.01. The summed E-state index contributed by atoms with van der Waals surface area (Å²) >= 11 is 0. The summed E-state index contributed by atoms with van der Waals surface area (Å²) in [5.74, 6) is 1.78. The molecule has 2 aromatic carbocycles. The first-order chi connectivity index (χ1) is 18.6. The van der Waals surface area contributed by atoms with Crippen LogP contribution in [0.5, 0.6) is 5.75 Å². The van der Waals surface area contributed by atoms with Crippen LogP contribution in [0.3, 0.4) is 0 Å². The molecule has 3 aromatic rings. The van der Waals surface area contributed by atoms with Gasteiger partial charge in [-0.3, -0.25) is 9.47 Å². The number of hydrogen-bond donors (Lipinski definition) is 0. The molecule has 5 rings (SSSR count). The van der Waals surface area contributed by atoms with Gasteiger partial charge in [0.05, 0.1) is 24.8 Å². The van der Waals surface area contributed by atoms with Crippen LogP contribution in [0.15, 0.2) is 42.6 Å². The van der Waals surface area contributed by atoms with E-state index in [9.17, 15) is 9.59 Å². The molecule has 208 valence electrons. The molecular weight excluding hydrogens is 492 g/mol. The van der Waals surface area contributed by atoms with Crippen LogP contribution in [0, 0.1) is 18.8 Å². The van der Waals surface area contributed by atoms with Crippen molar-refractivity contribution in [2.24, 2.45) is 11.8 Å². The first kappa shape index (κ1) is 27.3. The Balaban J connectivity index is 1.51. The van der Waals surface area contributed by atoms with Crippen LogP contribution in [0.1, 0.15) is 80.0 Å². The number of carbonyl (C=O) groups is 2. The van der Waals surface area contributed by atoms with Gasteiger partial charge in [0.1, 0.15) is 11.4 Å². The highest BCUT2D eigenvalue weighted by molar-refractivity contribution is 5.95. The first-order valence-electron chi connectivity index (χ1n) is 14.0. The number of nitrogens with zero attached hydrogens (tertiary/aromatic N) is 2. The molecule has 1 aromatic heterocycles. The first-order valence-corrected chi connectivity index (χ1v) is 14.0. The van der Waals surface area contributed by atoms with Crippen LogP contribution in [0.2, 0.25) is 0 Å². The van der Waals surface area contributed by atoms with Crippen LogP contribution >= 0.6 is 0 Å². The lowest BCUT2D eigenvalue weighted by molar-refractivity contribution is 0.0521. The summed E-state index contributed by atoms with van der Waals surface area (Å²) in [5.41, 5.74) is 4.12. The van der Waals surface area contributed by atoms with Gasteiger partial charge in [0.15, 0.2) is 0 Å². The second-order valence-corrected chi connectivity index (χ2v) is 11.9. The second-order valence-electron chi connectivity index (χ2n) is 11.9. The maximum absolute atomic E-state index is 13.1. The van der Waals surface area contributed by atoms with Crippen LogP contribution in [-0.2, 0) is 16.0 Å². The molecule has 7 heteroatoms. The fourth-order valence-corrected chi connectivity index (χ4v) is 6.62. The van der Waals surface area contributed by atoms with E-state index in [1.165, 1.54) is 24.8 Å². The Morgan fingerprint density at radius 1 is 1.08 bits per heavy atom. The van der Waals surface area contributed by atoms with E-state index in [4.69, 9.17) is 14.2 Å². The van der Waals surface area contributed by atoms with Gasteiger partial charge in [0.25, 0.3) is 0 Å². The molecule has 0 amide bonds. The molecule has 1 saturated carbocycles. The molecule has 1 aliphatic heterocycles. The zero-order valence-corrected chi connectivity index (χ0v) is 24.0. The Morgan fingerprint density at radius 2 is 1.82 bits per heavy atom. The summed E-state index contributed by atoms with van der Waals surface area (Å²) < 4.78 is 18.4. The van der Waals surface area contributed by atoms with Crippen molar-refractivity contribution in [3.8, 4) is 5.75 Å². The summed E-state index contributed by atoms with van der Waals surface area (Å²) in [7, 11) is 1.71. The van der Waals surface area contributed by atoms with Crippen molar-refractivity contribution in [3.05, 3.63) is 64.8 Å². The summed E-state index contributed by atoms with van der Waals surface area (Å²) in [6, 6.07) is 12.2. The standard InChI is InChI=1S/C32H40N2O5/c1-7-38-30(35)22-13-11-21(12-14-22)29-24-10-8-9-23(24)18-33(29)19-26-25-15-16-34(31(36)39-32(3,4)5)28(25)20(2)17-27(26)37-6/h11-17,23-24,29H,7-10,18-19H2,1-6H3. The lowest BCUT2D eigenvalue weighted by atomic mass is 9.89. The van der Waals surface area contributed by atoms with Gasteiger partial charge in [0, 0.05) is 36.3 Å². The minimum atomic E-state index is -0.583. The molecule has 0 spiro atoms. The van der Waals surface area contributed by atoms with E-state index in [1.807, 2.05) is 58.9 Å². The minimum absolute atomic E-state index is 0.253. The molecule has 0 radical (unpaired) electrons. The number of benzene rings is 2. The average molecular weight is 533 g/mol. The number of aryl methyl sites for hydroxylation is 1. The fourth-order valence-electron chi connectivity index (χ4n) is 6.62. The zero-order valence-electron chi connectivity index (χ0n) is 24.0. The van der Waals surface area contributed by atoms with Crippen LogP contribution < -0.4 is 4.74 Å². The van der Waals surface area contributed by atoms with Crippen molar-refractivity contribution < 1.29 is 23.8 Å². The van der Waals surface area contributed by atoms with E-state index >= 15 is 0 Å². The number of carbonyl (C=O) groups excluding carboxylic acids is 2. The third kappa shape index (κ3) is 5.29. The predicted octanol–water partition coefficient (Wildman–Crippen LogP) is 6.89. The topological polar surface area (TPSA) is 70.0 Å². The minimum Gasteiger partial charge on any atom is -0.496 e. The quantitative estimate of drug-likeness (QED) is 0.322. The number of hydrogen-bond acceptors (Lipinski definition) is 6. The van der Waals surface area contributed by atoms with Crippen LogP contribution in [-0.4, -0.2) is 47.4 Å². The monoisotopic (exact) mass is 532 g/mol. The molecule has 7 nitrogen and oxygen atoms in total. The molecule has 3 unspecified atom stereocenters. The molecular formula is C32H40N2O5. The molecule has 0 N–H and O–H groups in total. The molecule has 39 heavy (non-hydrogen) atoms. The van der Waals surface area contributed by atoms with Crippen molar-refractivity contribution in [2.75, 3.05) is 20.3 Å². The van der Waals surface area contributed by atoms with Crippen LogP contribution in [0.4, 0.5) is 4.79 Å². The van der Waals surface area contributed by atoms with Crippen molar-refractivity contribution >= 4 is 23.0 Å². The van der Waals surface area contributed by atoms with Gasteiger partial charge in [-0.2, -0.15) is 0 Å². The van der Waals surface area contributed by atoms with E-state index in [-0.39, 0.29) is 18.1 Å². The zero-order chi connectivity index (χ0) is 27.9. The highest BCUT2D eigenvalue weighted by Gasteiger charge is 2.45. The smallest absolute Gasteiger partial charge is 0.419 e. The molecule has 2 heterocycles. The van der Waals surface area contributed by atoms with Crippen molar-refractivity contribution in [3.63, 3.8) is 0 Å². The maximum atomic E-state index is 13.1. The summed E-state index contributed by atoms with van der Waals surface area (Å²) in [6.07, 6.45) is 5.14. The van der Waals surface area contributed by atoms with E-state index in [0.717, 1.165) is 34.3 Å². The number of fused-ring (bicyclic) bond motifs is 2. The van der Waals surface area contributed by atoms with E-state index < -0.39 is 5.60 Å². The number of ether oxygens (including phenoxy) is 3. The number of methoxy groups -OCH3 is 1. The van der Waals surface area contributed by atoms with Gasteiger partial charge in [-0.15, -0.1) is 0 Å². The predicted molar refractivity (Wildman–Crippen MR) is 151 cm³/mol. The molecule has 1 saturated heterocycles. The Labute approximate surface area is 231 Å². The van der Waals surface area contributed by atoms with Crippen molar-refractivity contribution in [1.29, 1.82) is 0 Å². The number of aromatic nitrogens is 1. The lowest BCUT2D eigenvalue weighted by Crippen LogP contribution is -2.27. The highest BCUT2D eigenvalue weighted by Crippen LogP contribution is 2.50. The fraction of sp³-hybridized carbons (Fsp3) is 0.500. The lowest BCUT2D eigenvalue weighted by Gasteiger charge is -2.29. The van der Waals surface area contributed by atoms with E-state index in [2.05, 4.69) is 17.0 Å². The van der Waals surface area contributed by atoms with Crippen molar-refractivity contribution in [1.82, 2.24) is 9.47 Å². The van der Waals surface area contributed by atoms with E-state index in [0.29, 0.717) is 30.6 Å². The largest absolute Gasteiger partial charge is 0.496 e. The Hall–Kier alpha value is -3.32.